The molecule has 2 heterocycles. The summed E-state index contributed by atoms with van der Waals surface area (Å²) in [6, 6.07) is 1.44. The van der Waals surface area contributed by atoms with Gasteiger partial charge >= 0.3 is 0 Å². The molecule has 0 aliphatic rings. The Labute approximate surface area is 97.4 Å². The van der Waals surface area contributed by atoms with Gasteiger partial charge in [0.2, 0.25) is 0 Å². The molecule has 0 amide bonds. The average molecular weight is 237 g/mol. The number of hydrogen-bond donors (Lipinski definition) is 1. The average Bonchev–Trinajstić information content (AvgIpc) is 2.75. The first-order valence-electron chi connectivity index (χ1n) is 5.10. The van der Waals surface area contributed by atoms with Gasteiger partial charge in [-0.2, -0.15) is 0 Å². The SMILES string of the molecule is CCCNc1nc(-c2cncc(F)c2)cs1. The molecule has 0 saturated heterocycles. The van der Waals surface area contributed by atoms with Crippen molar-refractivity contribution in [1.82, 2.24) is 9.97 Å². The van der Waals surface area contributed by atoms with Gasteiger partial charge in [-0.25, -0.2) is 9.37 Å². The lowest BCUT2D eigenvalue weighted by molar-refractivity contribution is 0.622. The summed E-state index contributed by atoms with van der Waals surface area (Å²) >= 11 is 1.52. The van der Waals surface area contributed by atoms with Crippen molar-refractivity contribution in [3.8, 4) is 11.3 Å². The van der Waals surface area contributed by atoms with E-state index in [9.17, 15) is 4.39 Å². The summed E-state index contributed by atoms with van der Waals surface area (Å²) in [6.45, 7) is 2.99. The molecule has 16 heavy (non-hydrogen) atoms. The molecule has 0 radical (unpaired) electrons. The van der Waals surface area contributed by atoms with Crippen molar-refractivity contribution in [2.75, 3.05) is 11.9 Å². The van der Waals surface area contributed by atoms with Crippen LogP contribution in [0.15, 0.2) is 23.8 Å². The number of thiazole rings is 1. The van der Waals surface area contributed by atoms with Crippen LogP contribution in [0.25, 0.3) is 11.3 Å². The number of hydrogen-bond acceptors (Lipinski definition) is 4. The van der Waals surface area contributed by atoms with Gasteiger partial charge in [-0.05, 0) is 12.5 Å². The first-order valence-corrected chi connectivity index (χ1v) is 5.98. The van der Waals surface area contributed by atoms with Crippen LogP contribution in [-0.4, -0.2) is 16.5 Å². The normalized spacial score (nSPS) is 10.4. The molecule has 0 aliphatic carbocycles. The molecule has 0 spiro atoms. The lowest BCUT2D eigenvalue weighted by atomic mass is 10.2. The first-order chi connectivity index (χ1) is 7.79. The Balaban J connectivity index is 2.18. The predicted molar refractivity (Wildman–Crippen MR) is 64.1 cm³/mol. The summed E-state index contributed by atoms with van der Waals surface area (Å²) in [6.07, 6.45) is 3.85. The summed E-state index contributed by atoms with van der Waals surface area (Å²) in [5, 5.41) is 5.95. The summed E-state index contributed by atoms with van der Waals surface area (Å²) in [4.78, 5) is 8.16. The highest BCUT2D eigenvalue weighted by molar-refractivity contribution is 7.14. The molecule has 5 heteroatoms. The lowest BCUT2D eigenvalue weighted by Crippen LogP contribution is -1.98. The van der Waals surface area contributed by atoms with E-state index in [-0.39, 0.29) is 5.82 Å². The first kappa shape index (κ1) is 11.0. The number of pyridine rings is 1. The van der Waals surface area contributed by atoms with E-state index >= 15 is 0 Å². The van der Waals surface area contributed by atoms with Crippen LogP contribution in [-0.2, 0) is 0 Å². The van der Waals surface area contributed by atoms with Gasteiger partial charge < -0.3 is 5.32 Å². The maximum atomic E-state index is 13.0. The molecule has 2 rings (SSSR count). The van der Waals surface area contributed by atoms with Crippen LogP contribution >= 0.6 is 11.3 Å². The van der Waals surface area contributed by atoms with Gasteiger partial charge in [0.25, 0.3) is 0 Å². The van der Waals surface area contributed by atoms with E-state index in [4.69, 9.17) is 0 Å². The van der Waals surface area contributed by atoms with Gasteiger partial charge in [-0.1, -0.05) is 6.92 Å². The molecule has 0 aliphatic heterocycles. The number of anilines is 1. The minimum absolute atomic E-state index is 0.339. The zero-order valence-corrected chi connectivity index (χ0v) is 9.72. The fraction of sp³-hybridized carbons (Fsp3) is 0.273. The number of nitrogens with one attached hydrogen (secondary N) is 1. The fourth-order valence-electron chi connectivity index (χ4n) is 1.27. The number of aromatic nitrogens is 2. The molecule has 84 valence electrons. The van der Waals surface area contributed by atoms with E-state index in [0.717, 1.165) is 23.8 Å². The summed E-state index contributed by atoms with van der Waals surface area (Å²) in [5.74, 6) is -0.339. The Hall–Kier alpha value is -1.49. The van der Waals surface area contributed by atoms with E-state index in [0.29, 0.717) is 5.56 Å². The third kappa shape index (κ3) is 2.55. The van der Waals surface area contributed by atoms with Crippen LogP contribution in [0.3, 0.4) is 0 Å². The maximum absolute atomic E-state index is 13.0. The van der Waals surface area contributed by atoms with E-state index in [1.807, 2.05) is 5.38 Å². The van der Waals surface area contributed by atoms with Crippen LogP contribution in [0.4, 0.5) is 9.52 Å². The van der Waals surface area contributed by atoms with Crippen molar-refractivity contribution in [2.45, 2.75) is 13.3 Å². The van der Waals surface area contributed by atoms with E-state index in [2.05, 4.69) is 22.2 Å². The second-order valence-corrected chi connectivity index (χ2v) is 4.21. The van der Waals surface area contributed by atoms with E-state index in [1.165, 1.54) is 23.6 Å². The van der Waals surface area contributed by atoms with Crippen molar-refractivity contribution < 1.29 is 4.39 Å². The van der Waals surface area contributed by atoms with Crippen molar-refractivity contribution in [1.29, 1.82) is 0 Å². The molecule has 2 aromatic heterocycles. The fourth-order valence-corrected chi connectivity index (χ4v) is 2.02. The highest BCUT2D eigenvalue weighted by Gasteiger charge is 2.05. The smallest absolute Gasteiger partial charge is 0.183 e. The quantitative estimate of drug-likeness (QED) is 0.887. The predicted octanol–water partition coefficient (Wildman–Crippen LogP) is 3.17. The number of halogens is 1. The lowest BCUT2D eigenvalue weighted by Gasteiger charge is -1.98. The monoisotopic (exact) mass is 237 g/mol. The van der Waals surface area contributed by atoms with E-state index < -0.39 is 0 Å². The van der Waals surface area contributed by atoms with Gasteiger partial charge in [0.15, 0.2) is 5.13 Å². The van der Waals surface area contributed by atoms with Gasteiger partial charge in [0.05, 0.1) is 11.9 Å². The van der Waals surface area contributed by atoms with Crippen molar-refractivity contribution >= 4 is 16.5 Å². The number of nitrogens with zero attached hydrogens (tertiary/aromatic N) is 2. The third-order valence-corrected chi connectivity index (χ3v) is 2.83. The topological polar surface area (TPSA) is 37.8 Å². The molecular formula is C11H12FN3S. The Kier molecular flexibility index (Phi) is 3.46. The van der Waals surface area contributed by atoms with Crippen LogP contribution in [0.5, 0.6) is 0 Å². The minimum atomic E-state index is -0.339. The molecular weight excluding hydrogens is 225 g/mol. The highest BCUT2D eigenvalue weighted by Crippen LogP contribution is 2.24. The summed E-state index contributed by atoms with van der Waals surface area (Å²) in [5.41, 5.74) is 1.47. The van der Waals surface area contributed by atoms with Gasteiger partial charge in [0.1, 0.15) is 5.82 Å². The van der Waals surface area contributed by atoms with Crippen molar-refractivity contribution in [3.05, 3.63) is 29.7 Å². The van der Waals surface area contributed by atoms with Crippen LogP contribution < -0.4 is 5.32 Å². The van der Waals surface area contributed by atoms with Crippen LogP contribution in [0.2, 0.25) is 0 Å². The molecule has 0 unspecified atom stereocenters. The maximum Gasteiger partial charge on any atom is 0.183 e. The van der Waals surface area contributed by atoms with Gasteiger partial charge in [-0.15, -0.1) is 11.3 Å². The molecule has 2 aromatic rings. The van der Waals surface area contributed by atoms with Crippen molar-refractivity contribution in [2.24, 2.45) is 0 Å². The Morgan fingerprint density at radius 3 is 3.06 bits per heavy atom. The second kappa shape index (κ2) is 5.03. The van der Waals surface area contributed by atoms with Crippen molar-refractivity contribution in [3.63, 3.8) is 0 Å². The molecule has 1 N–H and O–H groups in total. The molecule has 0 saturated carbocycles. The Bertz CT molecular complexity index is 470. The molecule has 0 bridgehead atoms. The van der Waals surface area contributed by atoms with E-state index in [1.54, 1.807) is 6.20 Å². The Morgan fingerprint density at radius 1 is 1.44 bits per heavy atom. The second-order valence-electron chi connectivity index (χ2n) is 3.36. The molecule has 0 fully saturated rings. The molecule has 3 nitrogen and oxygen atoms in total. The van der Waals surface area contributed by atoms with Gasteiger partial charge in [0, 0.05) is 23.7 Å². The summed E-state index contributed by atoms with van der Waals surface area (Å²) in [7, 11) is 0. The zero-order valence-electron chi connectivity index (χ0n) is 8.90. The minimum Gasteiger partial charge on any atom is -0.362 e. The summed E-state index contributed by atoms with van der Waals surface area (Å²) < 4.78 is 13.0. The van der Waals surface area contributed by atoms with Crippen LogP contribution in [0.1, 0.15) is 13.3 Å². The van der Waals surface area contributed by atoms with Crippen LogP contribution in [0, 0.1) is 5.82 Å². The molecule has 0 atom stereocenters. The molecule has 0 aromatic carbocycles. The van der Waals surface area contributed by atoms with Gasteiger partial charge in [-0.3, -0.25) is 4.98 Å². The standard InChI is InChI=1S/C11H12FN3S/c1-2-3-14-11-15-10(7-16-11)8-4-9(12)6-13-5-8/h4-7H,2-3H2,1H3,(H,14,15). The largest absolute Gasteiger partial charge is 0.362 e. The zero-order chi connectivity index (χ0) is 11.4. The Morgan fingerprint density at radius 2 is 2.31 bits per heavy atom. The number of rotatable bonds is 4. The third-order valence-electron chi connectivity index (χ3n) is 2.03. The highest BCUT2D eigenvalue weighted by atomic mass is 32.1.